The van der Waals surface area contributed by atoms with Crippen molar-refractivity contribution in [2.45, 2.75) is 96.1 Å². The van der Waals surface area contributed by atoms with Crippen molar-refractivity contribution in [1.29, 1.82) is 0 Å². The number of ketones is 1. The SMILES string of the molecule is CCCC(CCCCNC(=O)C(N)CCCCN)CC(=O)C(N)CCCCN. The average Bonchev–Trinajstić information content (AvgIpc) is 2.67. The number of rotatable bonds is 19. The highest BCUT2D eigenvalue weighted by atomic mass is 16.2. The molecular weight excluding hydrogens is 354 g/mol. The van der Waals surface area contributed by atoms with Crippen LogP contribution in [0.1, 0.15) is 84.0 Å². The number of hydrogen-bond donors (Lipinski definition) is 5. The molecule has 0 saturated heterocycles. The van der Waals surface area contributed by atoms with E-state index in [1.165, 1.54) is 0 Å². The molecule has 0 saturated carbocycles. The maximum Gasteiger partial charge on any atom is 0.236 e. The molecule has 3 unspecified atom stereocenters. The first kappa shape index (κ1) is 27.0. The van der Waals surface area contributed by atoms with Gasteiger partial charge in [-0.2, -0.15) is 0 Å². The summed E-state index contributed by atoms with van der Waals surface area (Å²) in [7, 11) is 0. The Kier molecular flexibility index (Phi) is 17.4. The fourth-order valence-corrected chi connectivity index (χ4v) is 3.40. The quantitative estimate of drug-likeness (QED) is 0.208. The van der Waals surface area contributed by atoms with Crippen molar-refractivity contribution in [3.05, 3.63) is 0 Å². The summed E-state index contributed by atoms with van der Waals surface area (Å²) in [5.41, 5.74) is 22.8. The normalized spacial score (nSPS) is 14.5. The molecule has 0 spiro atoms. The second-order valence-electron chi connectivity index (χ2n) is 7.89. The summed E-state index contributed by atoms with van der Waals surface area (Å²) in [6, 6.07) is -0.802. The number of Topliss-reactive ketones (excluding diaryl/α,β-unsaturated/α-hetero) is 1. The Bertz CT molecular complexity index is 406. The minimum absolute atomic E-state index is 0.0826. The van der Waals surface area contributed by atoms with E-state index in [-0.39, 0.29) is 17.7 Å². The van der Waals surface area contributed by atoms with Gasteiger partial charge in [-0.05, 0) is 57.5 Å². The summed E-state index contributed by atoms with van der Waals surface area (Å²) >= 11 is 0. The van der Waals surface area contributed by atoms with Crippen LogP contribution in [0.15, 0.2) is 0 Å². The summed E-state index contributed by atoms with van der Waals surface area (Å²) < 4.78 is 0. The van der Waals surface area contributed by atoms with Crippen LogP contribution >= 0.6 is 0 Å². The molecule has 7 nitrogen and oxygen atoms in total. The van der Waals surface area contributed by atoms with Crippen LogP contribution in [0.25, 0.3) is 0 Å². The third-order valence-corrected chi connectivity index (χ3v) is 5.21. The molecule has 0 aromatic carbocycles. The molecule has 0 aromatic heterocycles. The summed E-state index contributed by atoms with van der Waals surface area (Å²) in [6.45, 7) is 4.06. The van der Waals surface area contributed by atoms with E-state index in [9.17, 15) is 9.59 Å². The van der Waals surface area contributed by atoms with E-state index in [1.54, 1.807) is 0 Å². The van der Waals surface area contributed by atoms with Crippen molar-refractivity contribution in [3.63, 3.8) is 0 Å². The minimum Gasteiger partial charge on any atom is -0.355 e. The zero-order valence-corrected chi connectivity index (χ0v) is 18.0. The molecular formula is C21H45N5O2. The molecule has 3 atom stereocenters. The molecule has 0 bridgehead atoms. The van der Waals surface area contributed by atoms with E-state index in [1.807, 2.05) is 0 Å². The van der Waals surface area contributed by atoms with Gasteiger partial charge in [0.05, 0.1) is 12.1 Å². The molecule has 0 rings (SSSR count). The average molecular weight is 400 g/mol. The molecule has 9 N–H and O–H groups in total. The fourth-order valence-electron chi connectivity index (χ4n) is 3.40. The van der Waals surface area contributed by atoms with Crippen LogP contribution in [0.4, 0.5) is 0 Å². The Hall–Kier alpha value is -1.02. The van der Waals surface area contributed by atoms with Crippen LogP contribution in [0.5, 0.6) is 0 Å². The molecule has 0 aromatic rings. The Morgan fingerprint density at radius 2 is 1.36 bits per heavy atom. The van der Waals surface area contributed by atoms with Crippen molar-refractivity contribution in [2.24, 2.45) is 28.9 Å². The highest BCUT2D eigenvalue weighted by molar-refractivity contribution is 5.83. The second kappa shape index (κ2) is 18.0. The lowest BCUT2D eigenvalue weighted by molar-refractivity contribution is -0.122. The van der Waals surface area contributed by atoms with Gasteiger partial charge in [0.25, 0.3) is 0 Å². The van der Waals surface area contributed by atoms with Gasteiger partial charge >= 0.3 is 0 Å². The maximum absolute atomic E-state index is 12.3. The van der Waals surface area contributed by atoms with Crippen molar-refractivity contribution in [1.82, 2.24) is 5.32 Å². The molecule has 0 aliphatic heterocycles. The number of amides is 1. The van der Waals surface area contributed by atoms with Crippen LogP contribution in [0.3, 0.4) is 0 Å². The smallest absolute Gasteiger partial charge is 0.236 e. The molecule has 0 heterocycles. The highest BCUT2D eigenvalue weighted by Crippen LogP contribution is 2.20. The Morgan fingerprint density at radius 3 is 1.93 bits per heavy atom. The van der Waals surface area contributed by atoms with Crippen LogP contribution < -0.4 is 28.3 Å². The first-order valence-corrected chi connectivity index (χ1v) is 11.2. The van der Waals surface area contributed by atoms with E-state index in [0.717, 1.165) is 64.2 Å². The largest absolute Gasteiger partial charge is 0.355 e. The van der Waals surface area contributed by atoms with E-state index < -0.39 is 6.04 Å². The van der Waals surface area contributed by atoms with Gasteiger partial charge in [-0.3, -0.25) is 9.59 Å². The molecule has 0 aliphatic rings. The monoisotopic (exact) mass is 399 g/mol. The molecule has 0 fully saturated rings. The first-order valence-electron chi connectivity index (χ1n) is 11.2. The second-order valence-corrected chi connectivity index (χ2v) is 7.89. The van der Waals surface area contributed by atoms with Crippen LogP contribution in [0.2, 0.25) is 0 Å². The van der Waals surface area contributed by atoms with Gasteiger partial charge in [0.2, 0.25) is 5.91 Å². The van der Waals surface area contributed by atoms with Gasteiger partial charge in [0.15, 0.2) is 0 Å². The molecule has 1 amide bonds. The van der Waals surface area contributed by atoms with Gasteiger partial charge in [0, 0.05) is 13.0 Å². The van der Waals surface area contributed by atoms with Crippen LogP contribution in [-0.2, 0) is 9.59 Å². The number of unbranched alkanes of at least 4 members (excludes halogenated alkanes) is 3. The summed E-state index contributed by atoms with van der Waals surface area (Å²) in [4.78, 5) is 24.3. The molecule has 0 radical (unpaired) electrons. The fraction of sp³-hybridized carbons (Fsp3) is 0.905. The summed E-state index contributed by atoms with van der Waals surface area (Å²) in [6.07, 6.45) is 10.6. The van der Waals surface area contributed by atoms with Crippen LogP contribution in [-0.4, -0.2) is 43.4 Å². The summed E-state index contributed by atoms with van der Waals surface area (Å²) in [5.74, 6) is 0.472. The van der Waals surface area contributed by atoms with Crippen molar-refractivity contribution in [2.75, 3.05) is 19.6 Å². The van der Waals surface area contributed by atoms with Gasteiger partial charge in [-0.25, -0.2) is 0 Å². The lowest BCUT2D eigenvalue weighted by atomic mass is 9.89. The predicted molar refractivity (Wildman–Crippen MR) is 117 cm³/mol. The van der Waals surface area contributed by atoms with Gasteiger partial charge in [-0.15, -0.1) is 0 Å². The molecule has 7 heteroatoms. The van der Waals surface area contributed by atoms with Gasteiger partial charge in [-0.1, -0.05) is 39.0 Å². The molecule has 166 valence electrons. The third-order valence-electron chi connectivity index (χ3n) is 5.21. The zero-order valence-electron chi connectivity index (χ0n) is 18.0. The summed E-state index contributed by atoms with van der Waals surface area (Å²) in [5, 5.41) is 2.91. The zero-order chi connectivity index (χ0) is 21.2. The number of carbonyl (C=O) groups is 2. The Morgan fingerprint density at radius 1 is 0.786 bits per heavy atom. The Labute approximate surface area is 171 Å². The van der Waals surface area contributed by atoms with Crippen LogP contribution in [0, 0.1) is 5.92 Å². The lowest BCUT2D eigenvalue weighted by Gasteiger charge is -2.18. The van der Waals surface area contributed by atoms with E-state index >= 15 is 0 Å². The Balaban J connectivity index is 4.02. The van der Waals surface area contributed by atoms with Gasteiger partial charge in [0.1, 0.15) is 5.78 Å². The maximum atomic E-state index is 12.3. The van der Waals surface area contributed by atoms with Crippen molar-refractivity contribution in [3.8, 4) is 0 Å². The highest BCUT2D eigenvalue weighted by Gasteiger charge is 2.18. The number of carbonyl (C=O) groups excluding carboxylic acids is 2. The third kappa shape index (κ3) is 14.0. The standard InChI is InChI=1S/C21H45N5O2/c1-2-9-17(16-20(27)18(24)11-3-6-13-22)10-5-8-15-26-21(28)19(25)12-4-7-14-23/h17-19H,2-16,22-25H2,1H3,(H,26,28). The first-order chi connectivity index (χ1) is 13.5. The number of nitrogens with two attached hydrogens (primary N) is 4. The number of hydrogen-bond acceptors (Lipinski definition) is 6. The van der Waals surface area contributed by atoms with E-state index in [2.05, 4.69) is 12.2 Å². The topological polar surface area (TPSA) is 150 Å². The lowest BCUT2D eigenvalue weighted by Crippen LogP contribution is -2.40. The van der Waals surface area contributed by atoms with Gasteiger partial charge < -0.3 is 28.3 Å². The van der Waals surface area contributed by atoms with Crippen molar-refractivity contribution >= 4 is 11.7 Å². The molecule has 28 heavy (non-hydrogen) atoms. The minimum atomic E-state index is -0.447. The van der Waals surface area contributed by atoms with Crippen molar-refractivity contribution < 1.29 is 9.59 Å². The number of nitrogens with one attached hydrogen (secondary N) is 1. The molecule has 0 aliphatic carbocycles. The predicted octanol–water partition coefficient (Wildman–Crippen LogP) is 1.56. The van der Waals surface area contributed by atoms with E-state index in [0.29, 0.717) is 38.4 Å². The van der Waals surface area contributed by atoms with E-state index in [4.69, 9.17) is 22.9 Å².